The Hall–Kier alpha value is -3.84. The van der Waals surface area contributed by atoms with E-state index in [0.29, 0.717) is 0 Å². The van der Waals surface area contributed by atoms with Crippen LogP contribution in [0.4, 0.5) is 4.79 Å². The van der Waals surface area contributed by atoms with E-state index in [1.165, 1.54) is 4.90 Å². The van der Waals surface area contributed by atoms with E-state index in [4.69, 9.17) is 9.47 Å². The van der Waals surface area contributed by atoms with Crippen LogP contribution < -0.4 is 14.8 Å². The molecule has 0 aromatic heterocycles. The third-order valence-electron chi connectivity index (χ3n) is 7.01. The number of carbonyl (C=O) groups is 2. The summed E-state index contributed by atoms with van der Waals surface area (Å²) in [6, 6.07) is 24.3. The summed E-state index contributed by atoms with van der Waals surface area (Å²) in [5.74, 6) is 1.19. The highest BCUT2D eigenvalue weighted by Crippen LogP contribution is 2.41. The molecule has 0 spiro atoms. The molecule has 35 heavy (non-hydrogen) atoms. The number of imide groups is 1. The molecule has 2 heterocycles. The molecule has 5 rings (SSSR count). The number of urea groups is 1. The Bertz CT molecular complexity index is 1180. The summed E-state index contributed by atoms with van der Waals surface area (Å²) in [5.41, 5.74) is 1.24. The van der Waals surface area contributed by atoms with Gasteiger partial charge < -0.3 is 14.8 Å². The van der Waals surface area contributed by atoms with Gasteiger partial charge in [0, 0.05) is 24.2 Å². The molecule has 180 valence electrons. The molecule has 3 aromatic carbocycles. The normalized spacial score (nSPS) is 19.6. The fourth-order valence-electron chi connectivity index (χ4n) is 5.26. The Labute approximate surface area is 205 Å². The number of hydrogen-bond acceptors (Lipinski definition) is 5. The summed E-state index contributed by atoms with van der Waals surface area (Å²) in [6.45, 7) is 0.979. The molecular formula is C28H29N3O4. The van der Waals surface area contributed by atoms with Crippen LogP contribution in [0.2, 0.25) is 0 Å². The van der Waals surface area contributed by atoms with E-state index in [0.717, 1.165) is 47.6 Å². The lowest BCUT2D eigenvalue weighted by Crippen LogP contribution is -2.46. The zero-order valence-electron chi connectivity index (χ0n) is 19.9. The molecule has 3 aromatic rings. The number of nitrogens with one attached hydrogen (secondary N) is 1. The predicted octanol–water partition coefficient (Wildman–Crippen LogP) is 4.29. The van der Waals surface area contributed by atoms with Crippen LogP contribution in [0.15, 0.2) is 78.9 Å². The van der Waals surface area contributed by atoms with Crippen molar-refractivity contribution in [2.24, 2.45) is 0 Å². The van der Waals surface area contributed by atoms with Gasteiger partial charge in [-0.2, -0.15) is 0 Å². The van der Waals surface area contributed by atoms with Crippen molar-refractivity contribution in [2.75, 3.05) is 27.4 Å². The number of hydrogen-bond donors (Lipinski definition) is 1. The number of methoxy groups -OCH3 is 2. The second-order valence-electron chi connectivity index (χ2n) is 8.87. The number of rotatable bonds is 7. The molecule has 0 aliphatic carbocycles. The van der Waals surface area contributed by atoms with E-state index in [1.54, 1.807) is 14.2 Å². The molecule has 2 saturated heterocycles. The van der Waals surface area contributed by atoms with Crippen molar-refractivity contribution in [1.82, 2.24) is 15.1 Å². The number of nitrogens with zero attached hydrogens (tertiary/aromatic N) is 2. The maximum atomic E-state index is 14.1. The first-order chi connectivity index (χ1) is 17.1. The lowest BCUT2D eigenvalue weighted by atomic mass is 9.83. The van der Waals surface area contributed by atoms with Gasteiger partial charge in [0.25, 0.3) is 5.91 Å². The average molecular weight is 472 g/mol. The second kappa shape index (κ2) is 9.43. The molecule has 1 atom stereocenters. The molecule has 0 radical (unpaired) electrons. The number of carbonyl (C=O) groups excluding carboxylic acids is 2. The molecule has 0 unspecified atom stereocenters. The highest BCUT2D eigenvalue weighted by Gasteiger charge is 2.54. The second-order valence-corrected chi connectivity index (χ2v) is 8.87. The van der Waals surface area contributed by atoms with E-state index < -0.39 is 11.6 Å². The fourth-order valence-corrected chi connectivity index (χ4v) is 5.26. The predicted molar refractivity (Wildman–Crippen MR) is 132 cm³/mol. The maximum Gasteiger partial charge on any atom is 0.326 e. The maximum absolute atomic E-state index is 14.1. The first-order valence-corrected chi connectivity index (χ1v) is 11.8. The molecule has 7 nitrogen and oxygen atoms in total. The molecule has 2 aliphatic heterocycles. The highest BCUT2D eigenvalue weighted by atomic mass is 16.5. The Morgan fingerprint density at radius 2 is 1.57 bits per heavy atom. The Morgan fingerprint density at radius 3 is 2.17 bits per heavy atom. The van der Waals surface area contributed by atoms with Crippen LogP contribution in [-0.2, 0) is 10.3 Å². The third-order valence-corrected chi connectivity index (χ3v) is 7.01. The summed E-state index contributed by atoms with van der Waals surface area (Å²) in [6.07, 6.45) is 1.88. The molecule has 7 heteroatoms. The molecule has 3 amide bonds. The van der Waals surface area contributed by atoms with Gasteiger partial charge in [-0.05, 0) is 30.0 Å². The van der Waals surface area contributed by atoms with Crippen molar-refractivity contribution in [2.45, 2.75) is 24.4 Å². The van der Waals surface area contributed by atoms with Gasteiger partial charge in [-0.25, -0.2) is 9.69 Å². The largest absolute Gasteiger partial charge is 0.497 e. The minimum Gasteiger partial charge on any atom is -0.497 e. The van der Waals surface area contributed by atoms with Crippen molar-refractivity contribution < 1.29 is 19.1 Å². The standard InChI is InChI=1S/C28H29N3O4/c1-34-22-15-16-23(25(18-22)35-2)24-14-9-17-30(24)19-31-26(32)28(29-27(31)33,20-10-5-3-6-11-20)21-12-7-4-8-13-21/h3-8,10-13,15-16,18,24H,9,14,17,19H2,1-2H3,(H,29,33)/t24-/m1/s1. The van der Waals surface area contributed by atoms with E-state index in [9.17, 15) is 9.59 Å². The topological polar surface area (TPSA) is 71.1 Å². The molecule has 1 N–H and O–H groups in total. The van der Waals surface area contributed by atoms with Crippen molar-refractivity contribution in [3.05, 3.63) is 95.6 Å². The lowest BCUT2D eigenvalue weighted by Gasteiger charge is -2.31. The number of ether oxygens (including phenoxy) is 2. The average Bonchev–Trinajstić information content (AvgIpc) is 3.47. The van der Waals surface area contributed by atoms with Gasteiger partial charge in [0.1, 0.15) is 11.5 Å². The van der Waals surface area contributed by atoms with Crippen LogP contribution >= 0.6 is 0 Å². The van der Waals surface area contributed by atoms with Crippen LogP contribution in [0, 0.1) is 0 Å². The van der Waals surface area contributed by atoms with Crippen LogP contribution in [0.25, 0.3) is 0 Å². The molecular weight excluding hydrogens is 442 g/mol. The highest BCUT2D eigenvalue weighted by molar-refractivity contribution is 6.09. The monoisotopic (exact) mass is 471 g/mol. The van der Waals surface area contributed by atoms with E-state index in [2.05, 4.69) is 10.2 Å². The Balaban J connectivity index is 1.47. The van der Waals surface area contributed by atoms with Crippen LogP contribution in [0.1, 0.15) is 35.6 Å². The molecule has 2 aliphatic rings. The van der Waals surface area contributed by atoms with Gasteiger partial charge in [0.15, 0.2) is 5.54 Å². The first-order valence-electron chi connectivity index (χ1n) is 11.8. The Kier molecular flexibility index (Phi) is 6.17. The quantitative estimate of drug-likeness (QED) is 0.521. The molecule has 0 saturated carbocycles. The van der Waals surface area contributed by atoms with Gasteiger partial charge in [-0.15, -0.1) is 0 Å². The van der Waals surface area contributed by atoms with Crippen LogP contribution in [-0.4, -0.2) is 49.2 Å². The van der Waals surface area contributed by atoms with E-state index >= 15 is 0 Å². The van der Waals surface area contributed by atoms with Gasteiger partial charge in [-0.1, -0.05) is 66.7 Å². The first kappa shape index (κ1) is 22.9. The molecule has 2 fully saturated rings. The van der Waals surface area contributed by atoms with Gasteiger partial charge in [-0.3, -0.25) is 9.69 Å². The SMILES string of the molecule is COc1ccc([C@H]2CCCN2CN2C(=O)NC(c3ccccc3)(c3ccccc3)C2=O)c(OC)c1. The lowest BCUT2D eigenvalue weighted by molar-refractivity contribution is -0.131. The smallest absolute Gasteiger partial charge is 0.326 e. The summed E-state index contributed by atoms with van der Waals surface area (Å²) in [7, 11) is 3.27. The van der Waals surface area contributed by atoms with Crippen molar-refractivity contribution in [1.29, 1.82) is 0 Å². The minimum atomic E-state index is -1.26. The number of likely N-dealkylation sites (tertiary alicyclic amines) is 1. The van der Waals surface area contributed by atoms with Crippen LogP contribution in [0.3, 0.4) is 0 Å². The van der Waals surface area contributed by atoms with Gasteiger partial charge in [0.2, 0.25) is 0 Å². The Morgan fingerprint density at radius 1 is 0.914 bits per heavy atom. The zero-order chi connectivity index (χ0) is 24.4. The number of amides is 3. The van der Waals surface area contributed by atoms with Crippen molar-refractivity contribution >= 4 is 11.9 Å². The van der Waals surface area contributed by atoms with Crippen molar-refractivity contribution in [3.63, 3.8) is 0 Å². The summed E-state index contributed by atoms with van der Waals surface area (Å²) < 4.78 is 11.0. The summed E-state index contributed by atoms with van der Waals surface area (Å²) >= 11 is 0. The van der Waals surface area contributed by atoms with Gasteiger partial charge >= 0.3 is 6.03 Å². The summed E-state index contributed by atoms with van der Waals surface area (Å²) in [5, 5.41) is 3.04. The van der Waals surface area contributed by atoms with Crippen molar-refractivity contribution in [3.8, 4) is 11.5 Å². The summed E-state index contributed by atoms with van der Waals surface area (Å²) in [4.78, 5) is 30.9. The van der Waals surface area contributed by atoms with Crippen LogP contribution in [0.5, 0.6) is 11.5 Å². The third kappa shape index (κ3) is 3.91. The number of benzene rings is 3. The van der Waals surface area contributed by atoms with E-state index in [-0.39, 0.29) is 18.6 Å². The van der Waals surface area contributed by atoms with E-state index in [1.807, 2.05) is 78.9 Å². The fraction of sp³-hybridized carbons (Fsp3) is 0.286. The zero-order valence-corrected chi connectivity index (χ0v) is 19.9. The molecule has 0 bridgehead atoms. The minimum absolute atomic E-state index is 0.0277. The van der Waals surface area contributed by atoms with Gasteiger partial charge in [0.05, 0.1) is 20.9 Å².